The largest absolute Gasteiger partial charge is 0.0903 e. The van der Waals surface area contributed by atoms with Crippen molar-refractivity contribution < 1.29 is 31.9 Å². The average Bonchev–Trinajstić information content (AvgIpc) is 1.62. The van der Waals surface area contributed by atoms with Gasteiger partial charge in [0.1, 0.15) is 0 Å². The van der Waals surface area contributed by atoms with Crippen LogP contribution < -0.4 is 0 Å². The Hall–Kier alpha value is 0.393. The molecule has 1 aliphatic carbocycles. The molecule has 0 nitrogen and oxygen atoms in total. The minimum absolute atomic E-state index is 0. The molecule has 2 heteroatoms. The van der Waals surface area contributed by atoms with Crippen LogP contribution in [0.1, 0.15) is 25.7 Å². The van der Waals surface area contributed by atoms with Crippen LogP contribution in [0.5, 0.6) is 0 Å². The van der Waals surface area contributed by atoms with Gasteiger partial charge >= 0.3 is 0 Å². The van der Waals surface area contributed by atoms with Crippen LogP contribution in [0, 0.1) is 12.4 Å². The molecule has 0 aliphatic heterocycles. The number of hydrogen-bond acceptors (Lipinski definition) is 0. The van der Waals surface area contributed by atoms with E-state index in [1.54, 1.807) is 0 Å². The molecule has 0 fully saturated rings. The SMILES string of the molecule is C1=CCCCCC=C1.[ClH2+].[Rh]. The Morgan fingerprint density at radius 1 is 0.800 bits per heavy atom. The van der Waals surface area contributed by atoms with Crippen LogP contribution in [0.4, 0.5) is 0 Å². The average molecular weight is 249 g/mol. The first-order chi connectivity index (χ1) is 4.00. The van der Waals surface area contributed by atoms with Gasteiger partial charge < -0.3 is 0 Å². The van der Waals surface area contributed by atoms with Crippen molar-refractivity contribution in [1.82, 2.24) is 0 Å². The van der Waals surface area contributed by atoms with E-state index in [0.717, 1.165) is 0 Å². The van der Waals surface area contributed by atoms with Gasteiger partial charge in [-0.25, -0.2) is 0 Å². The number of halogens is 1. The Balaban J connectivity index is 0. The summed E-state index contributed by atoms with van der Waals surface area (Å²) in [5.41, 5.74) is 0. The van der Waals surface area contributed by atoms with E-state index < -0.39 is 0 Å². The summed E-state index contributed by atoms with van der Waals surface area (Å²) in [5, 5.41) is 0. The van der Waals surface area contributed by atoms with Crippen molar-refractivity contribution in [3.05, 3.63) is 24.3 Å². The first-order valence-electron chi connectivity index (χ1n) is 3.32. The molecule has 61 valence electrons. The van der Waals surface area contributed by atoms with Crippen LogP contribution in [0.2, 0.25) is 0 Å². The molecule has 0 unspecified atom stereocenters. The van der Waals surface area contributed by atoms with Gasteiger partial charge in [0.15, 0.2) is 0 Å². The molecule has 0 spiro atoms. The van der Waals surface area contributed by atoms with Crippen LogP contribution in [0.25, 0.3) is 0 Å². The molecule has 1 rings (SSSR count). The second-order valence-electron chi connectivity index (χ2n) is 2.14. The monoisotopic (exact) mass is 248 g/mol. The fourth-order valence-electron chi connectivity index (χ4n) is 0.874. The zero-order chi connectivity index (χ0) is 5.66. The van der Waals surface area contributed by atoms with Crippen LogP contribution in [0.3, 0.4) is 0 Å². The molecule has 0 bridgehead atoms. The fraction of sp³-hybridized carbons (Fsp3) is 0.500. The van der Waals surface area contributed by atoms with E-state index in [2.05, 4.69) is 24.3 Å². The number of allylic oxidation sites excluding steroid dienone is 4. The predicted octanol–water partition coefficient (Wildman–Crippen LogP) is 2.13. The van der Waals surface area contributed by atoms with E-state index in [9.17, 15) is 0 Å². The van der Waals surface area contributed by atoms with E-state index in [1.165, 1.54) is 25.7 Å². The summed E-state index contributed by atoms with van der Waals surface area (Å²) in [5.74, 6) is 0. The molecule has 0 aromatic rings. The Morgan fingerprint density at radius 3 is 1.60 bits per heavy atom. The minimum Gasteiger partial charge on any atom is -0.0845 e. The van der Waals surface area contributed by atoms with Crippen LogP contribution in [-0.2, 0) is 19.5 Å². The Morgan fingerprint density at radius 2 is 1.20 bits per heavy atom. The smallest absolute Gasteiger partial charge is 0.0845 e. The maximum absolute atomic E-state index is 2.23. The van der Waals surface area contributed by atoms with E-state index in [0.29, 0.717) is 0 Å². The molecule has 0 saturated carbocycles. The van der Waals surface area contributed by atoms with Gasteiger partial charge in [0.05, 0.1) is 12.4 Å². The molecule has 0 atom stereocenters. The minimum atomic E-state index is 0. The van der Waals surface area contributed by atoms with Crippen molar-refractivity contribution >= 4 is 0 Å². The maximum Gasteiger partial charge on any atom is 0.0903 e. The third-order valence-corrected chi connectivity index (χ3v) is 1.37. The Bertz CT molecular complexity index is 93.8. The van der Waals surface area contributed by atoms with Gasteiger partial charge in [0, 0.05) is 19.5 Å². The summed E-state index contributed by atoms with van der Waals surface area (Å²) < 4.78 is 0. The van der Waals surface area contributed by atoms with Gasteiger partial charge in [0.25, 0.3) is 0 Å². The molecule has 0 aromatic carbocycles. The predicted molar refractivity (Wildman–Crippen MR) is 39.5 cm³/mol. The van der Waals surface area contributed by atoms with Crippen LogP contribution in [-0.4, -0.2) is 0 Å². The molecule has 0 amide bonds. The Labute approximate surface area is 81.9 Å². The van der Waals surface area contributed by atoms with E-state index in [-0.39, 0.29) is 31.9 Å². The topological polar surface area (TPSA) is 0 Å². The summed E-state index contributed by atoms with van der Waals surface area (Å²) >= 11 is 0. The van der Waals surface area contributed by atoms with Crippen molar-refractivity contribution in [3.63, 3.8) is 0 Å². The molecule has 1 aliphatic rings. The zero-order valence-corrected chi connectivity index (χ0v) is 8.45. The van der Waals surface area contributed by atoms with Crippen molar-refractivity contribution in [2.75, 3.05) is 0 Å². The van der Waals surface area contributed by atoms with E-state index in [4.69, 9.17) is 0 Å². The first kappa shape index (κ1) is 13.0. The molecule has 0 saturated heterocycles. The van der Waals surface area contributed by atoms with Crippen LogP contribution >= 0.6 is 0 Å². The molecular weight excluding hydrogens is 234 g/mol. The zero-order valence-electron chi connectivity index (χ0n) is 5.92. The van der Waals surface area contributed by atoms with Crippen molar-refractivity contribution in [3.8, 4) is 0 Å². The summed E-state index contributed by atoms with van der Waals surface area (Å²) in [6, 6.07) is 0. The maximum atomic E-state index is 2.23. The van der Waals surface area contributed by atoms with Crippen molar-refractivity contribution in [2.45, 2.75) is 25.7 Å². The van der Waals surface area contributed by atoms with Gasteiger partial charge in [-0.3, -0.25) is 0 Å². The molecular formula is C8H14ClRh+. The van der Waals surface area contributed by atoms with Crippen molar-refractivity contribution in [2.24, 2.45) is 0 Å². The van der Waals surface area contributed by atoms with Gasteiger partial charge in [-0.1, -0.05) is 24.3 Å². The Kier molecular flexibility index (Phi) is 12.2. The molecule has 1 radical (unpaired) electrons. The normalized spacial score (nSPS) is 16.0. The third-order valence-electron chi connectivity index (χ3n) is 1.37. The second kappa shape index (κ2) is 9.39. The summed E-state index contributed by atoms with van der Waals surface area (Å²) in [4.78, 5) is 0. The standard InChI is InChI=1S/C8H12.ClH2.Rh/c1-2-4-6-8-7-5-3-1;;/h1-4H,5-8H2;1H2;/q;+1;. The van der Waals surface area contributed by atoms with E-state index in [1.807, 2.05) is 0 Å². The number of hydrogen-bond donors (Lipinski definition) is 0. The molecule has 0 aromatic heterocycles. The quantitative estimate of drug-likeness (QED) is 0.576. The van der Waals surface area contributed by atoms with Gasteiger partial charge in [-0.2, -0.15) is 0 Å². The van der Waals surface area contributed by atoms with Crippen molar-refractivity contribution in [1.29, 1.82) is 0 Å². The summed E-state index contributed by atoms with van der Waals surface area (Å²) in [6.45, 7) is 0. The summed E-state index contributed by atoms with van der Waals surface area (Å²) in [6.07, 6.45) is 14.0. The van der Waals surface area contributed by atoms with Gasteiger partial charge in [-0.15, -0.1) is 0 Å². The molecule has 10 heavy (non-hydrogen) atoms. The summed E-state index contributed by atoms with van der Waals surface area (Å²) in [7, 11) is 0. The first-order valence-corrected chi connectivity index (χ1v) is 3.32. The molecule has 0 N–H and O–H groups in total. The fourth-order valence-corrected chi connectivity index (χ4v) is 0.874. The number of rotatable bonds is 0. The van der Waals surface area contributed by atoms with E-state index >= 15 is 0 Å². The second-order valence-corrected chi connectivity index (χ2v) is 2.14. The third kappa shape index (κ3) is 6.51. The van der Waals surface area contributed by atoms with Gasteiger partial charge in [-0.05, 0) is 25.7 Å². The molecule has 0 heterocycles. The van der Waals surface area contributed by atoms with Crippen LogP contribution in [0.15, 0.2) is 24.3 Å². The van der Waals surface area contributed by atoms with Gasteiger partial charge in [0.2, 0.25) is 0 Å².